The van der Waals surface area contributed by atoms with E-state index in [0.29, 0.717) is 0 Å². The third kappa shape index (κ3) is 1.33. The van der Waals surface area contributed by atoms with Crippen LogP contribution in [0.15, 0.2) is 60.8 Å². The molecule has 102 valence electrons. The first-order valence-corrected chi connectivity index (χ1v) is 7.26. The molecule has 3 heterocycles. The Balaban J connectivity index is 1.73. The van der Waals surface area contributed by atoms with Gasteiger partial charge in [-0.05, 0) is 12.1 Å². The van der Waals surface area contributed by atoms with Crippen molar-refractivity contribution in [1.82, 2.24) is 10.0 Å². The lowest BCUT2D eigenvalue weighted by Gasteiger charge is -2.39. The Morgan fingerprint density at radius 3 is 2.57 bits per heavy atom. The number of fused-ring (bicyclic) bond motifs is 5. The summed E-state index contributed by atoms with van der Waals surface area (Å²) in [5, 5.41) is 10.6. The van der Waals surface area contributed by atoms with Crippen molar-refractivity contribution in [2.75, 3.05) is 11.9 Å². The summed E-state index contributed by atoms with van der Waals surface area (Å²) in [5.41, 5.74) is 2.46. The van der Waals surface area contributed by atoms with Crippen LogP contribution in [0, 0.1) is 0 Å². The summed E-state index contributed by atoms with van der Waals surface area (Å²) in [7, 11) is 0. The van der Waals surface area contributed by atoms with Crippen LogP contribution in [0.1, 0.15) is 5.56 Å². The highest BCUT2D eigenvalue weighted by Gasteiger charge is 2.46. The molecule has 2 aromatic carbocycles. The van der Waals surface area contributed by atoms with Gasteiger partial charge in [0.2, 0.25) is 0 Å². The summed E-state index contributed by atoms with van der Waals surface area (Å²) >= 11 is 0. The summed E-state index contributed by atoms with van der Waals surface area (Å²) in [4.78, 5) is 0. The molecule has 0 radical (unpaired) electrons. The number of para-hydroxylation sites is 1. The van der Waals surface area contributed by atoms with Crippen molar-refractivity contribution in [2.24, 2.45) is 0 Å². The molecule has 5 rings (SSSR count). The number of rotatable bonds is 0. The Kier molecular flexibility index (Phi) is 1.94. The summed E-state index contributed by atoms with van der Waals surface area (Å²) < 4.78 is 0. The lowest BCUT2D eigenvalue weighted by Crippen LogP contribution is -2.49. The largest absolute Gasteiger partial charge is 0.382 e. The van der Waals surface area contributed by atoms with Gasteiger partial charge in [0.1, 0.15) is 5.54 Å². The van der Waals surface area contributed by atoms with Crippen molar-refractivity contribution < 1.29 is 0 Å². The minimum absolute atomic E-state index is 0.110. The minimum atomic E-state index is -0.110. The molecule has 2 aromatic rings. The summed E-state index contributed by atoms with van der Waals surface area (Å²) in [6, 6.07) is 17.1. The molecule has 21 heavy (non-hydrogen) atoms. The molecule has 3 aliphatic heterocycles. The van der Waals surface area contributed by atoms with Crippen molar-refractivity contribution in [3.05, 3.63) is 76.8 Å². The van der Waals surface area contributed by atoms with Crippen molar-refractivity contribution in [3.63, 3.8) is 0 Å². The van der Waals surface area contributed by atoms with E-state index in [1.165, 1.54) is 21.7 Å². The zero-order chi connectivity index (χ0) is 13.9. The molecular weight excluding hydrogens is 258 g/mol. The summed E-state index contributed by atoms with van der Waals surface area (Å²) in [5.74, 6) is 0. The molecule has 0 aliphatic carbocycles. The van der Waals surface area contributed by atoms with Crippen molar-refractivity contribution in [1.29, 1.82) is 0 Å². The van der Waals surface area contributed by atoms with Gasteiger partial charge in [-0.3, -0.25) is 10.0 Å². The van der Waals surface area contributed by atoms with Crippen LogP contribution in [-0.4, -0.2) is 16.6 Å². The average Bonchev–Trinajstić information content (AvgIpc) is 3.09. The molecule has 0 bridgehead atoms. The molecule has 1 unspecified atom stereocenters. The minimum Gasteiger partial charge on any atom is -0.382 e. The van der Waals surface area contributed by atoms with E-state index in [2.05, 4.69) is 88.5 Å². The molecule has 1 spiro atoms. The van der Waals surface area contributed by atoms with Crippen molar-refractivity contribution in [2.45, 2.75) is 5.54 Å². The molecule has 0 aromatic heterocycles. The zero-order valence-corrected chi connectivity index (χ0v) is 11.5. The number of nitrogens with one attached hydrogen (secondary N) is 1. The number of anilines is 1. The first kappa shape index (κ1) is 11.0. The van der Waals surface area contributed by atoms with E-state index < -0.39 is 0 Å². The van der Waals surface area contributed by atoms with Crippen LogP contribution in [-0.2, 0) is 5.54 Å². The lowest BCUT2D eigenvalue weighted by molar-refractivity contribution is 0.104. The first-order valence-electron chi connectivity index (χ1n) is 7.26. The van der Waals surface area contributed by atoms with Gasteiger partial charge in [0.15, 0.2) is 0 Å². The fraction of sp³-hybridized carbons (Fsp3) is 0.111. The smallest absolute Gasteiger partial charge is 0.125 e. The first-order chi connectivity index (χ1) is 10.4. The number of hydrogen-bond acceptors (Lipinski definition) is 3. The molecule has 1 N–H and O–H groups in total. The van der Waals surface area contributed by atoms with Crippen LogP contribution in [0.3, 0.4) is 0 Å². The Morgan fingerprint density at radius 1 is 0.905 bits per heavy atom. The molecule has 0 saturated heterocycles. The quantitative estimate of drug-likeness (QED) is 0.785. The molecule has 0 amide bonds. The lowest BCUT2D eigenvalue weighted by atomic mass is 9.92. The van der Waals surface area contributed by atoms with E-state index in [4.69, 9.17) is 0 Å². The van der Waals surface area contributed by atoms with E-state index in [1.54, 1.807) is 0 Å². The second-order valence-corrected chi connectivity index (χ2v) is 5.75. The second kappa shape index (κ2) is 3.70. The monoisotopic (exact) mass is 273 g/mol. The molecule has 1 atom stereocenters. The Labute approximate surface area is 123 Å². The third-order valence-electron chi connectivity index (χ3n) is 4.63. The predicted molar refractivity (Wildman–Crippen MR) is 84.0 cm³/mol. The van der Waals surface area contributed by atoms with Crippen LogP contribution in [0.4, 0.5) is 5.69 Å². The molecule has 3 nitrogen and oxygen atoms in total. The van der Waals surface area contributed by atoms with E-state index in [0.717, 1.165) is 6.54 Å². The molecule has 0 saturated carbocycles. The molecule has 3 aliphatic rings. The van der Waals surface area contributed by atoms with Crippen molar-refractivity contribution in [3.8, 4) is 0 Å². The van der Waals surface area contributed by atoms with Gasteiger partial charge in [0, 0.05) is 46.8 Å². The maximum Gasteiger partial charge on any atom is 0.125 e. The van der Waals surface area contributed by atoms with E-state index in [-0.39, 0.29) is 5.54 Å². The van der Waals surface area contributed by atoms with Crippen molar-refractivity contribution >= 4 is 18.1 Å². The van der Waals surface area contributed by atoms with E-state index in [9.17, 15) is 0 Å². The van der Waals surface area contributed by atoms with Crippen LogP contribution in [0.25, 0.3) is 12.4 Å². The summed E-state index contributed by atoms with van der Waals surface area (Å²) in [6.45, 7) is 0.895. The van der Waals surface area contributed by atoms with Gasteiger partial charge >= 0.3 is 0 Å². The van der Waals surface area contributed by atoms with Crippen LogP contribution in [0.2, 0.25) is 0 Å². The van der Waals surface area contributed by atoms with Crippen LogP contribution >= 0.6 is 0 Å². The topological polar surface area (TPSA) is 18.5 Å². The zero-order valence-electron chi connectivity index (χ0n) is 11.5. The maximum atomic E-state index is 3.54. The van der Waals surface area contributed by atoms with E-state index in [1.807, 2.05) is 0 Å². The second-order valence-electron chi connectivity index (χ2n) is 5.75. The molecular formula is C18H15N3. The molecule has 0 fully saturated rings. The Bertz CT molecular complexity index is 883. The fourth-order valence-corrected chi connectivity index (χ4v) is 3.55. The number of nitrogens with zero attached hydrogens (tertiary/aromatic N) is 2. The normalized spacial score (nSPS) is 24.0. The average molecular weight is 273 g/mol. The van der Waals surface area contributed by atoms with Gasteiger partial charge < -0.3 is 5.32 Å². The van der Waals surface area contributed by atoms with Gasteiger partial charge in [0.25, 0.3) is 0 Å². The third-order valence-corrected chi connectivity index (χ3v) is 4.63. The number of hydrazine groups is 1. The van der Waals surface area contributed by atoms with Gasteiger partial charge in [-0.15, -0.1) is 0 Å². The molecule has 3 heteroatoms. The summed E-state index contributed by atoms with van der Waals surface area (Å²) in [6.07, 6.45) is 8.90. The van der Waals surface area contributed by atoms with Gasteiger partial charge in [-0.25, -0.2) is 0 Å². The van der Waals surface area contributed by atoms with Gasteiger partial charge in [-0.2, -0.15) is 0 Å². The fourth-order valence-electron chi connectivity index (χ4n) is 3.55. The highest BCUT2D eigenvalue weighted by atomic mass is 15.7. The Morgan fingerprint density at radius 2 is 1.67 bits per heavy atom. The Hall–Kier alpha value is -2.68. The van der Waals surface area contributed by atoms with E-state index >= 15 is 0 Å². The number of benzene rings is 2. The standard InChI is InChI=1S/C18H15N3/c1-2-6-15-12-21-18(9-10-20(21)11-14(15)5-1)13-19-17-8-4-3-7-16(17)18/h1-12,19H,13H2. The highest BCUT2D eigenvalue weighted by Crippen LogP contribution is 2.44. The van der Waals surface area contributed by atoms with Gasteiger partial charge in [0.05, 0.1) is 0 Å². The predicted octanol–water partition coefficient (Wildman–Crippen LogP) is 1.54. The number of hydrogen-bond donors (Lipinski definition) is 1. The van der Waals surface area contributed by atoms with Crippen LogP contribution in [0.5, 0.6) is 0 Å². The van der Waals surface area contributed by atoms with Crippen LogP contribution < -0.4 is 15.8 Å². The van der Waals surface area contributed by atoms with Gasteiger partial charge in [-0.1, -0.05) is 42.5 Å². The highest BCUT2D eigenvalue weighted by molar-refractivity contribution is 5.64. The SMILES string of the molecule is C1=CC2(CNc3ccccc32)N2C=c3ccccc3=CN12. The maximum absolute atomic E-state index is 3.54.